The molecule has 3 rings (SSSR count). The van der Waals surface area contributed by atoms with E-state index in [-0.39, 0.29) is 30.2 Å². The Morgan fingerprint density at radius 1 is 1.00 bits per heavy atom. The van der Waals surface area contributed by atoms with Gasteiger partial charge in [0.05, 0.1) is 18.7 Å². The summed E-state index contributed by atoms with van der Waals surface area (Å²) in [5, 5.41) is 10.0. The van der Waals surface area contributed by atoms with Crippen molar-refractivity contribution in [2.75, 3.05) is 6.61 Å². The van der Waals surface area contributed by atoms with Crippen molar-refractivity contribution in [3.8, 4) is 0 Å². The molecule has 0 aliphatic rings. The van der Waals surface area contributed by atoms with Gasteiger partial charge in [-0.25, -0.2) is 0 Å². The number of hydrogen-bond acceptors (Lipinski definition) is 4. The van der Waals surface area contributed by atoms with Gasteiger partial charge in [0.1, 0.15) is 6.61 Å². The maximum absolute atomic E-state index is 12.9. The van der Waals surface area contributed by atoms with E-state index in [1.54, 1.807) is 0 Å². The van der Waals surface area contributed by atoms with Crippen LogP contribution >= 0.6 is 0 Å². The van der Waals surface area contributed by atoms with E-state index in [4.69, 9.17) is 0 Å². The Hall–Kier alpha value is -3.15. The lowest BCUT2D eigenvalue weighted by atomic mass is 10.1. The quantitative estimate of drug-likeness (QED) is 0.603. The lowest BCUT2D eigenvalue weighted by molar-refractivity contribution is -0.176. The second kappa shape index (κ2) is 8.30. The number of nitrogens with zero attached hydrogens (tertiary/aromatic N) is 3. The highest BCUT2D eigenvalue weighted by Crippen LogP contribution is 2.29. The maximum Gasteiger partial charge on any atom is 0.417 e. The molecule has 1 N–H and O–H groups in total. The predicted octanol–water partition coefficient (Wildman–Crippen LogP) is 3.76. The molecular weight excluding hydrogens is 418 g/mol. The number of ether oxygens (including phenoxy) is 1. The molecule has 0 radical (unpaired) electrons. The predicted molar refractivity (Wildman–Crippen MR) is 91.3 cm³/mol. The van der Waals surface area contributed by atoms with Crippen LogP contribution in [0.4, 0.5) is 26.3 Å². The number of alkyl halides is 6. The highest BCUT2D eigenvalue weighted by Gasteiger charge is 2.31. The van der Waals surface area contributed by atoms with E-state index < -0.39 is 30.4 Å². The van der Waals surface area contributed by atoms with Gasteiger partial charge in [0.25, 0.3) is 5.91 Å². The summed E-state index contributed by atoms with van der Waals surface area (Å²) in [5.74, 6) is -0.442. The van der Waals surface area contributed by atoms with Gasteiger partial charge in [0.15, 0.2) is 11.5 Å². The molecule has 0 saturated heterocycles. The van der Waals surface area contributed by atoms with Crippen molar-refractivity contribution in [1.29, 1.82) is 0 Å². The third kappa shape index (κ3) is 5.47. The monoisotopic (exact) mass is 432 g/mol. The largest absolute Gasteiger partial charge is 0.417 e. The Bertz CT molecular complexity index is 1030. The van der Waals surface area contributed by atoms with E-state index in [1.807, 2.05) is 0 Å². The minimum Gasteiger partial charge on any atom is -0.367 e. The summed E-state index contributed by atoms with van der Waals surface area (Å²) in [6.45, 7) is -1.83. The van der Waals surface area contributed by atoms with Crippen LogP contribution in [0.2, 0.25) is 0 Å². The van der Waals surface area contributed by atoms with Crippen molar-refractivity contribution in [3.05, 3.63) is 65.1 Å². The molecule has 0 atom stereocenters. The average Bonchev–Trinajstić information content (AvgIpc) is 3.07. The Balaban J connectivity index is 1.61. The lowest BCUT2D eigenvalue weighted by Crippen LogP contribution is -2.24. The standard InChI is InChI=1S/C18H14F6N4O2/c19-17(20,21)10-30-9-11-1-3-12(4-2-11)16(29)25-7-15-27-26-14-6-5-13(8-28(14)15)18(22,23)24/h1-6,8H,7,9-10H2,(H,25,29). The van der Waals surface area contributed by atoms with E-state index in [9.17, 15) is 31.1 Å². The van der Waals surface area contributed by atoms with Crippen molar-refractivity contribution < 1.29 is 35.9 Å². The average molecular weight is 432 g/mol. The first-order valence-corrected chi connectivity index (χ1v) is 8.45. The molecule has 12 heteroatoms. The van der Waals surface area contributed by atoms with Gasteiger partial charge in [-0.3, -0.25) is 9.20 Å². The molecule has 0 bridgehead atoms. The van der Waals surface area contributed by atoms with Gasteiger partial charge in [0, 0.05) is 11.8 Å². The van der Waals surface area contributed by atoms with Crippen LogP contribution in [0.5, 0.6) is 0 Å². The molecule has 0 unspecified atom stereocenters. The normalized spacial score (nSPS) is 12.3. The van der Waals surface area contributed by atoms with Crippen molar-refractivity contribution in [2.45, 2.75) is 25.5 Å². The highest BCUT2D eigenvalue weighted by molar-refractivity contribution is 5.94. The zero-order valence-electron chi connectivity index (χ0n) is 15.1. The number of nitrogens with one attached hydrogen (secondary N) is 1. The molecule has 0 aliphatic heterocycles. The van der Waals surface area contributed by atoms with Crippen LogP contribution in [-0.2, 0) is 24.1 Å². The molecule has 2 aromatic heterocycles. The number of carbonyl (C=O) groups excluding carboxylic acids is 1. The highest BCUT2D eigenvalue weighted by atomic mass is 19.4. The van der Waals surface area contributed by atoms with E-state index >= 15 is 0 Å². The molecule has 3 aromatic rings. The molecule has 0 fully saturated rings. The van der Waals surface area contributed by atoms with Gasteiger partial charge in [0.2, 0.25) is 0 Å². The van der Waals surface area contributed by atoms with Crippen molar-refractivity contribution in [1.82, 2.24) is 19.9 Å². The number of halogens is 6. The van der Waals surface area contributed by atoms with Gasteiger partial charge >= 0.3 is 12.4 Å². The van der Waals surface area contributed by atoms with Crippen LogP contribution in [0.15, 0.2) is 42.6 Å². The Labute approximate surface area is 165 Å². The van der Waals surface area contributed by atoms with Crippen molar-refractivity contribution >= 4 is 11.6 Å². The third-order valence-corrected chi connectivity index (χ3v) is 3.96. The lowest BCUT2D eigenvalue weighted by Gasteiger charge is -2.09. The van der Waals surface area contributed by atoms with Crippen molar-refractivity contribution in [3.63, 3.8) is 0 Å². The minimum atomic E-state index is -4.54. The summed E-state index contributed by atoms with van der Waals surface area (Å²) < 4.78 is 80.5. The topological polar surface area (TPSA) is 68.5 Å². The van der Waals surface area contributed by atoms with Crippen LogP contribution in [0.25, 0.3) is 5.65 Å². The Morgan fingerprint density at radius 2 is 1.70 bits per heavy atom. The van der Waals surface area contributed by atoms with E-state index in [2.05, 4.69) is 20.3 Å². The van der Waals surface area contributed by atoms with E-state index in [0.717, 1.165) is 16.7 Å². The van der Waals surface area contributed by atoms with Gasteiger partial charge in [-0.15, -0.1) is 10.2 Å². The number of fused-ring (bicyclic) bond motifs is 1. The van der Waals surface area contributed by atoms with Crippen LogP contribution < -0.4 is 5.32 Å². The first-order chi connectivity index (χ1) is 14.0. The second-order valence-corrected chi connectivity index (χ2v) is 6.25. The number of carbonyl (C=O) groups is 1. The van der Waals surface area contributed by atoms with Gasteiger partial charge < -0.3 is 10.1 Å². The summed E-state index contributed by atoms with van der Waals surface area (Å²) in [4.78, 5) is 12.2. The van der Waals surface area contributed by atoms with Gasteiger partial charge in [-0.2, -0.15) is 26.3 Å². The van der Waals surface area contributed by atoms with Gasteiger partial charge in [-0.1, -0.05) is 12.1 Å². The number of benzene rings is 1. The number of aromatic nitrogens is 3. The minimum absolute atomic E-state index is 0.0987. The summed E-state index contributed by atoms with van der Waals surface area (Å²) >= 11 is 0. The third-order valence-electron chi connectivity index (χ3n) is 3.96. The molecule has 0 aliphatic carbocycles. The number of amides is 1. The SMILES string of the molecule is O=C(NCc1nnc2ccc(C(F)(F)F)cn12)c1ccc(COCC(F)(F)F)cc1. The molecule has 6 nitrogen and oxygen atoms in total. The molecular formula is C18H14F6N4O2. The molecule has 0 saturated carbocycles. The number of pyridine rings is 1. The number of rotatable bonds is 6. The van der Waals surface area contributed by atoms with E-state index in [1.165, 1.54) is 30.3 Å². The Kier molecular flexibility index (Phi) is 5.97. The van der Waals surface area contributed by atoms with Crippen LogP contribution in [-0.4, -0.2) is 33.3 Å². The molecule has 30 heavy (non-hydrogen) atoms. The zero-order chi connectivity index (χ0) is 21.9. The van der Waals surface area contributed by atoms with Crippen molar-refractivity contribution in [2.24, 2.45) is 0 Å². The summed E-state index contributed by atoms with van der Waals surface area (Å²) in [6.07, 6.45) is -8.12. The molecule has 2 heterocycles. The smallest absolute Gasteiger partial charge is 0.367 e. The first-order valence-electron chi connectivity index (χ1n) is 8.45. The molecule has 1 amide bonds. The molecule has 1 aromatic carbocycles. The summed E-state index contributed by atoms with van der Waals surface area (Å²) in [7, 11) is 0. The van der Waals surface area contributed by atoms with Gasteiger partial charge in [-0.05, 0) is 29.8 Å². The van der Waals surface area contributed by atoms with Crippen LogP contribution in [0.3, 0.4) is 0 Å². The molecule has 0 spiro atoms. The van der Waals surface area contributed by atoms with Crippen LogP contribution in [0, 0.1) is 0 Å². The zero-order valence-corrected chi connectivity index (χ0v) is 15.1. The first kappa shape index (κ1) is 21.6. The maximum atomic E-state index is 12.9. The fourth-order valence-electron chi connectivity index (χ4n) is 2.52. The second-order valence-electron chi connectivity index (χ2n) is 6.25. The summed E-state index contributed by atoms with van der Waals surface area (Å²) in [6, 6.07) is 7.71. The fraction of sp³-hybridized carbons (Fsp3) is 0.278. The van der Waals surface area contributed by atoms with Crippen LogP contribution in [0.1, 0.15) is 27.3 Å². The fourth-order valence-corrected chi connectivity index (χ4v) is 2.52. The summed E-state index contributed by atoms with van der Waals surface area (Å²) in [5.41, 5.74) is -0.0422. The Morgan fingerprint density at radius 3 is 2.33 bits per heavy atom. The van der Waals surface area contributed by atoms with E-state index in [0.29, 0.717) is 5.56 Å². The number of hydrogen-bond donors (Lipinski definition) is 1. The molecule has 160 valence electrons.